The zero-order chi connectivity index (χ0) is 32.8. The lowest BCUT2D eigenvalue weighted by Gasteiger charge is -2.62. The fraction of sp³-hybridized carbons (Fsp3) is 0.632. The predicted octanol–water partition coefficient (Wildman–Crippen LogP) is 5.67. The van der Waals surface area contributed by atoms with Crippen LogP contribution in [0.5, 0.6) is 0 Å². The molecule has 3 aliphatic carbocycles. The smallest absolute Gasteiger partial charge is 0.331 e. The monoisotopic (exact) mass is 634 g/mol. The van der Waals surface area contributed by atoms with Gasteiger partial charge >= 0.3 is 5.97 Å². The fourth-order valence-corrected chi connectivity index (χ4v) is 14.5. The van der Waals surface area contributed by atoms with E-state index in [-0.39, 0.29) is 47.2 Å². The number of ether oxygens (including phenoxy) is 1. The van der Waals surface area contributed by atoms with Gasteiger partial charge in [0.1, 0.15) is 18.5 Å². The summed E-state index contributed by atoms with van der Waals surface area (Å²) in [6, 6.07) is 20.4. The highest BCUT2D eigenvalue weighted by Crippen LogP contribution is 2.68. The Morgan fingerprint density at radius 3 is 2.09 bits per heavy atom. The molecule has 3 saturated carbocycles. The SMILES string of the molecule is CC[C@]1(CO)C[C@@H](OC(=O)CO[Si](c2ccccc2)(c2ccccc2)C(C)(C)C)[C@@]2(C)C3C(=O)CC[C@]3(CC[C@H]2C)[C@@H](C)[C@@H]1O. The van der Waals surface area contributed by atoms with Gasteiger partial charge in [0.25, 0.3) is 8.32 Å². The number of rotatable bonds is 8. The van der Waals surface area contributed by atoms with Crippen LogP contribution in [0, 0.1) is 34.0 Å². The Kier molecular flexibility index (Phi) is 9.35. The average molecular weight is 635 g/mol. The number of hydrogen-bond donors (Lipinski definition) is 2. The first-order valence-electron chi connectivity index (χ1n) is 17.0. The minimum atomic E-state index is -2.98. The van der Waals surface area contributed by atoms with Crippen molar-refractivity contribution in [3.05, 3.63) is 60.7 Å². The van der Waals surface area contributed by atoms with E-state index in [1.165, 1.54) is 0 Å². The predicted molar refractivity (Wildman–Crippen MR) is 180 cm³/mol. The van der Waals surface area contributed by atoms with Crippen molar-refractivity contribution in [3.8, 4) is 0 Å². The van der Waals surface area contributed by atoms with Crippen LogP contribution >= 0.6 is 0 Å². The van der Waals surface area contributed by atoms with E-state index >= 15 is 0 Å². The summed E-state index contributed by atoms with van der Waals surface area (Å²) < 4.78 is 13.5. The Morgan fingerprint density at radius 2 is 1.58 bits per heavy atom. The number of aliphatic hydroxyl groups excluding tert-OH is 2. The molecule has 5 rings (SSSR count). The highest BCUT2D eigenvalue weighted by atomic mass is 28.4. The van der Waals surface area contributed by atoms with Crippen molar-refractivity contribution in [2.24, 2.45) is 34.0 Å². The van der Waals surface area contributed by atoms with E-state index in [1.807, 2.05) is 43.3 Å². The van der Waals surface area contributed by atoms with Gasteiger partial charge in [0.05, 0.1) is 12.7 Å². The van der Waals surface area contributed by atoms with Crippen molar-refractivity contribution in [2.45, 2.75) is 104 Å². The van der Waals surface area contributed by atoms with Crippen LogP contribution in [0.4, 0.5) is 0 Å². The maximum absolute atomic E-state index is 14.1. The van der Waals surface area contributed by atoms with Gasteiger partial charge in [-0.15, -0.1) is 0 Å². The maximum Gasteiger partial charge on any atom is 0.331 e. The lowest BCUT2D eigenvalue weighted by atomic mass is 9.43. The first-order valence-corrected chi connectivity index (χ1v) is 18.9. The third-order valence-corrected chi connectivity index (χ3v) is 17.9. The number of aliphatic hydroxyl groups is 2. The molecule has 246 valence electrons. The van der Waals surface area contributed by atoms with Crippen LogP contribution in [0.1, 0.15) is 87.0 Å². The van der Waals surface area contributed by atoms with Gasteiger partial charge in [-0.05, 0) is 64.8 Å². The molecule has 0 amide bonds. The van der Waals surface area contributed by atoms with Crippen molar-refractivity contribution < 1.29 is 29.0 Å². The van der Waals surface area contributed by atoms with E-state index in [1.54, 1.807) is 0 Å². The maximum atomic E-state index is 14.1. The number of hydrogen-bond acceptors (Lipinski definition) is 6. The standard InChI is InChI=1S/C38H54O6Si/c1-8-37(25-39)23-31(36(7)26(2)19-21-38(27(3)34(37)42)22-20-30(40)33(36)38)44-32(41)24-43-45(35(4,5)6,28-15-11-9-12-16-28)29-17-13-10-14-18-29/h9-18,26-27,31,33-34,39,42H,8,19-25H2,1-7H3/t26-,27+,31-,33?,34+,36+,37-,38-/m1/s1. The summed E-state index contributed by atoms with van der Waals surface area (Å²) in [7, 11) is -2.98. The van der Waals surface area contributed by atoms with Crippen molar-refractivity contribution in [1.82, 2.24) is 0 Å². The van der Waals surface area contributed by atoms with Crippen LogP contribution in [-0.2, 0) is 18.8 Å². The first kappa shape index (κ1) is 34.0. The summed E-state index contributed by atoms with van der Waals surface area (Å²) in [5.41, 5.74) is -1.84. The summed E-state index contributed by atoms with van der Waals surface area (Å²) in [6.07, 6.45) is 2.37. The number of esters is 1. The molecule has 0 heterocycles. The van der Waals surface area contributed by atoms with E-state index in [0.29, 0.717) is 19.3 Å². The Labute approximate surface area is 271 Å². The summed E-state index contributed by atoms with van der Waals surface area (Å²) in [4.78, 5) is 27.9. The van der Waals surface area contributed by atoms with Gasteiger partial charge in [-0.25, -0.2) is 4.79 Å². The highest BCUT2D eigenvalue weighted by Gasteiger charge is 2.69. The fourth-order valence-electron chi connectivity index (χ4n) is 9.97. The van der Waals surface area contributed by atoms with Crippen LogP contribution < -0.4 is 10.4 Å². The van der Waals surface area contributed by atoms with Gasteiger partial charge in [-0.2, -0.15) is 0 Å². The molecule has 2 aromatic carbocycles. The Bertz CT molecular complexity index is 1310. The average Bonchev–Trinajstić information content (AvgIpc) is 3.38. The molecule has 7 heteroatoms. The summed E-state index contributed by atoms with van der Waals surface area (Å²) >= 11 is 0. The third-order valence-electron chi connectivity index (χ3n) is 12.9. The second-order valence-electron chi connectivity index (χ2n) is 15.7. The van der Waals surface area contributed by atoms with E-state index in [9.17, 15) is 19.8 Å². The van der Waals surface area contributed by atoms with Crippen molar-refractivity contribution in [1.29, 1.82) is 0 Å². The quantitative estimate of drug-likeness (QED) is 0.287. The second-order valence-corrected chi connectivity index (χ2v) is 20.0. The van der Waals surface area contributed by atoms with Crippen molar-refractivity contribution >= 4 is 30.4 Å². The minimum absolute atomic E-state index is 0.128. The topological polar surface area (TPSA) is 93.1 Å². The van der Waals surface area contributed by atoms with Crippen LogP contribution in [0.3, 0.4) is 0 Å². The Hall–Kier alpha value is -2.32. The molecule has 45 heavy (non-hydrogen) atoms. The third kappa shape index (κ3) is 5.26. The molecule has 2 aromatic rings. The van der Waals surface area contributed by atoms with Crippen LogP contribution in [0.2, 0.25) is 5.04 Å². The molecule has 0 aliphatic heterocycles. The zero-order valence-corrected chi connectivity index (χ0v) is 29.3. The van der Waals surface area contributed by atoms with Gasteiger partial charge < -0.3 is 19.4 Å². The van der Waals surface area contributed by atoms with Crippen molar-refractivity contribution in [3.63, 3.8) is 0 Å². The normalized spacial score (nSPS) is 35.3. The van der Waals surface area contributed by atoms with Crippen LogP contribution in [0.25, 0.3) is 0 Å². The molecule has 8 atom stereocenters. The molecular formula is C38H54O6Si. The van der Waals surface area contributed by atoms with Gasteiger partial charge in [0.2, 0.25) is 0 Å². The number of benzene rings is 2. The molecule has 6 nitrogen and oxygen atoms in total. The van der Waals surface area contributed by atoms with E-state index in [0.717, 1.165) is 29.6 Å². The largest absolute Gasteiger partial charge is 0.460 e. The highest BCUT2D eigenvalue weighted by molar-refractivity contribution is 6.99. The summed E-state index contributed by atoms with van der Waals surface area (Å²) in [5.74, 6) is -0.566. The molecule has 0 radical (unpaired) electrons. The Balaban J connectivity index is 1.54. The minimum Gasteiger partial charge on any atom is -0.460 e. The molecule has 3 fully saturated rings. The van der Waals surface area contributed by atoms with Crippen LogP contribution in [-0.4, -0.2) is 55.7 Å². The van der Waals surface area contributed by atoms with E-state index in [2.05, 4.69) is 65.8 Å². The number of Topliss-reactive ketones (excluding diaryl/α,β-unsaturated/α-hetero) is 1. The first-order chi connectivity index (χ1) is 21.2. The molecule has 2 bridgehead atoms. The molecule has 3 aliphatic rings. The van der Waals surface area contributed by atoms with Crippen LogP contribution in [0.15, 0.2) is 60.7 Å². The van der Waals surface area contributed by atoms with Gasteiger partial charge in [-0.1, -0.05) is 109 Å². The summed E-state index contributed by atoms with van der Waals surface area (Å²) in [6.45, 7) is 14.5. The molecule has 2 N–H and O–H groups in total. The molecular weight excluding hydrogens is 580 g/mol. The van der Waals surface area contributed by atoms with E-state index in [4.69, 9.17) is 9.16 Å². The number of ketones is 1. The Morgan fingerprint density at radius 1 is 1.00 bits per heavy atom. The number of carbonyl (C=O) groups is 2. The van der Waals surface area contributed by atoms with Gasteiger partial charge in [-0.3, -0.25) is 4.79 Å². The molecule has 0 saturated heterocycles. The van der Waals surface area contributed by atoms with E-state index < -0.39 is 37.3 Å². The lowest BCUT2D eigenvalue weighted by Crippen LogP contribution is -2.67. The van der Waals surface area contributed by atoms with Gasteiger partial charge in [0.15, 0.2) is 0 Å². The van der Waals surface area contributed by atoms with Gasteiger partial charge in [0, 0.05) is 23.2 Å². The lowest BCUT2D eigenvalue weighted by molar-refractivity contribution is -0.219. The number of carbonyl (C=O) groups excluding carboxylic acids is 2. The van der Waals surface area contributed by atoms with Crippen molar-refractivity contribution in [2.75, 3.05) is 13.2 Å². The molecule has 0 spiro atoms. The summed E-state index contributed by atoms with van der Waals surface area (Å²) in [5, 5.41) is 24.7. The molecule has 0 aromatic heterocycles. The zero-order valence-electron chi connectivity index (χ0n) is 28.3. The second kappa shape index (κ2) is 12.4. The molecule has 1 unspecified atom stereocenters.